The Bertz CT molecular complexity index is 725. The number of carbonyl (C=O) groups excluding carboxylic acids is 1. The second-order valence-electron chi connectivity index (χ2n) is 5.24. The maximum absolute atomic E-state index is 12.2. The van der Waals surface area contributed by atoms with E-state index in [0.717, 1.165) is 11.1 Å². The Morgan fingerprint density at radius 2 is 1.52 bits per heavy atom. The van der Waals surface area contributed by atoms with E-state index in [4.69, 9.17) is 4.74 Å². The molecule has 0 radical (unpaired) electrons. The summed E-state index contributed by atoms with van der Waals surface area (Å²) in [7, 11) is 3.22. The minimum Gasteiger partial charge on any atom is -0.456 e. The molecule has 0 unspecified atom stereocenters. The van der Waals surface area contributed by atoms with Gasteiger partial charge < -0.3 is 10.1 Å². The average Bonchev–Trinajstić information content (AvgIpc) is 3.04. The lowest BCUT2D eigenvalue weighted by atomic mass is 9.86. The molecule has 0 spiro atoms. The van der Waals surface area contributed by atoms with Crippen LogP contribution in [0.15, 0.2) is 77.3 Å². The Balaban J connectivity index is 2.23. The summed E-state index contributed by atoms with van der Waals surface area (Å²) >= 11 is 0. The number of nitrogens with one attached hydrogen (secondary N) is 1. The molecular weight excluding hydrogens is 288 g/mol. The van der Waals surface area contributed by atoms with Crippen molar-refractivity contribution in [3.63, 3.8) is 0 Å². The number of ether oxygens (including phenoxy) is 1. The Hall–Kier alpha value is -2.88. The van der Waals surface area contributed by atoms with E-state index in [1.807, 2.05) is 66.7 Å². The van der Waals surface area contributed by atoms with Crippen LogP contribution in [0.4, 0.5) is 0 Å². The van der Waals surface area contributed by atoms with Crippen LogP contribution < -0.4 is 5.32 Å². The predicted molar refractivity (Wildman–Crippen MR) is 90.3 cm³/mol. The highest BCUT2D eigenvalue weighted by atomic mass is 16.5. The highest BCUT2D eigenvalue weighted by Gasteiger charge is 2.43. The van der Waals surface area contributed by atoms with Crippen LogP contribution in [0.1, 0.15) is 11.1 Å². The van der Waals surface area contributed by atoms with Crippen molar-refractivity contribution in [2.75, 3.05) is 14.1 Å². The molecule has 0 saturated heterocycles. The lowest BCUT2D eigenvalue weighted by Crippen LogP contribution is -2.27. The van der Waals surface area contributed by atoms with E-state index < -0.39 is 5.60 Å². The zero-order chi connectivity index (χ0) is 16.3. The van der Waals surface area contributed by atoms with E-state index in [1.165, 1.54) is 0 Å². The van der Waals surface area contributed by atoms with Gasteiger partial charge in [0.1, 0.15) is 5.57 Å². The van der Waals surface area contributed by atoms with Crippen molar-refractivity contribution < 1.29 is 9.53 Å². The van der Waals surface area contributed by atoms with Crippen LogP contribution in [0.25, 0.3) is 0 Å². The number of rotatable bonds is 3. The quantitative estimate of drug-likeness (QED) is 0.948. The van der Waals surface area contributed by atoms with Gasteiger partial charge >= 0.3 is 0 Å². The third-order valence-corrected chi connectivity index (χ3v) is 3.92. The maximum Gasteiger partial charge on any atom is 0.256 e. The van der Waals surface area contributed by atoms with Gasteiger partial charge in [-0.05, 0) is 6.08 Å². The maximum atomic E-state index is 12.2. The first kappa shape index (κ1) is 15.0. The first-order valence-electron chi connectivity index (χ1n) is 7.43. The summed E-state index contributed by atoms with van der Waals surface area (Å²) < 4.78 is 6.20. The second-order valence-corrected chi connectivity index (χ2v) is 5.24. The molecule has 2 aromatic rings. The molecular formula is C19H18N2O2. The molecule has 3 rings (SSSR count). The van der Waals surface area contributed by atoms with Gasteiger partial charge in [0.2, 0.25) is 5.90 Å². The van der Waals surface area contributed by atoms with E-state index in [-0.39, 0.29) is 5.91 Å². The van der Waals surface area contributed by atoms with Crippen molar-refractivity contribution in [1.29, 1.82) is 0 Å². The molecule has 4 heteroatoms. The minimum atomic E-state index is -0.848. The normalized spacial score (nSPS) is 17.5. The standard InChI is InChI=1S/C19H18N2O2/c1-20-17(22)16-13-19(23-18(16)21-2,14-9-5-3-6-10-14)15-11-7-4-8-12-15/h3-13H,1-2H3,(H,20,22). The predicted octanol–water partition coefficient (Wildman–Crippen LogP) is 2.66. The fourth-order valence-corrected chi connectivity index (χ4v) is 2.79. The van der Waals surface area contributed by atoms with Crippen LogP contribution in [0, 0.1) is 0 Å². The van der Waals surface area contributed by atoms with E-state index in [2.05, 4.69) is 10.3 Å². The van der Waals surface area contributed by atoms with Crippen molar-refractivity contribution in [1.82, 2.24) is 5.32 Å². The van der Waals surface area contributed by atoms with E-state index in [1.54, 1.807) is 14.1 Å². The fourth-order valence-electron chi connectivity index (χ4n) is 2.79. The first-order valence-corrected chi connectivity index (χ1v) is 7.43. The number of carbonyl (C=O) groups is 1. The van der Waals surface area contributed by atoms with Gasteiger partial charge in [-0.15, -0.1) is 0 Å². The Morgan fingerprint density at radius 3 is 1.96 bits per heavy atom. The van der Waals surface area contributed by atoms with Crippen LogP contribution in [-0.2, 0) is 15.1 Å². The largest absolute Gasteiger partial charge is 0.456 e. The molecule has 1 aliphatic rings. The summed E-state index contributed by atoms with van der Waals surface area (Å²) in [5, 5.41) is 2.64. The molecule has 1 amide bonds. The topological polar surface area (TPSA) is 50.7 Å². The monoisotopic (exact) mass is 306 g/mol. The van der Waals surface area contributed by atoms with Gasteiger partial charge in [0.25, 0.3) is 5.91 Å². The SMILES string of the molecule is CN=C1OC(c2ccccc2)(c2ccccc2)C=C1C(=O)NC. The van der Waals surface area contributed by atoms with Gasteiger partial charge in [0, 0.05) is 25.2 Å². The molecule has 2 aromatic carbocycles. The Labute approximate surface area is 135 Å². The summed E-state index contributed by atoms with van der Waals surface area (Å²) in [4.78, 5) is 16.3. The van der Waals surface area contributed by atoms with Crippen LogP contribution in [-0.4, -0.2) is 25.9 Å². The summed E-state index contributed by atoms with van der Waals surface area (Å²) in [5.41, 5.74) is 1.50. The minimum absolute atomic E-state index is 0.209. The third-order valence-electron chi connectivity index (χ3n) is 3.92. The van der Waals surface area contributed by atoms with Crippen LogP contribution in [0.5, 0.6) is 0 Å². The van der Waals surface area contributed by atoms with Gasteiger partial charge in [-0.1, -0.05) is 60.7 Å². The summed E-state index contributed by atoms with van der Waals surface area (Å²) in [6.07, 6.45) is 1.85. The number of amides is 1. The van der Waals surface area contributed by atoms with Crippen molar-refractivity contribution in [3.8, 4) is 0 Å². The molecule has 1 N–H and O–H groups in total. The van der Waals surface area contributed by atoms with Gasteiger partial charge in [-0.25, -0.2) is 0 Å². The molecule has 1 heterocycles. The van der Waals surface area contributed by atoms with Gasteiger partial charge in [0.15, 0.2) is 5.60 Å². The molecule has 0 saturated carbocycles. The fraction of sp³-hybridized carbons (Fsp3) is 0.158. The highest BCUT2D eigenvalue weighted by molar-refractivity contribution is 6.20. The highest BCUT2D eigenvalue weighted by Crippen LogP contribution is 2.41. The van der Waals surface area contributed by atoms with Crippen LogP contribution in [0.3, 0.4) is 0 Å². The van der Waals surface area contributed by atoms with Crippen LogP contribution >= 0.6 is 0 Å². The lowest BCUT2D eigenvalue weighted by molar-refractivity contribution is -0.116. The average molecular weight is 306 g/mol. The first-order chi connectivity index (χ1) is 11.2. The number of hydrogen-bond acceptors (Lipinski definition) is 3. The summed E-state index contributed by atoms with van der Waals surface area (Å²) in [6, 6.07) is 19.7. The number of benzene rings is 2. The molecule has 0 aliphatic carbocycles. The molecule has 1 aliphatic heterocycles. The number of nitrogens with zero attached hydrogens (tertiary/aromatic N) is 1. The number of hydrogen-bond donors (Lipinski definition) is 1. The van der Waals surface area contributed by atoms with Gasteiger partial charge in [0.05, 0.1) is 0 Å². The van der Waals surface area contributed by atoms with Crippen LogP contribution in [0.2, 0.25) is 0 Å². The van der Waals surface area contributed by atoms with Gasteiger partial charge in [-0.2, -0.15) is 0 Å². The third kappa shape index (κ3) is 2.52. The van der Waals surface area contributed by atoms with Crippen molar-refractivity contribution in [2.24, 2.45) is 4.99 Å². The molecule has 0 bridgehead atoms. The molecule has 0 aromatic heterocycles. The number of aliphatic imine (C=N–C) groups is 1. The molecule has 0 fully saturated rings. The molecule has 0 atom stereocenters. The van der Waals surface area contributed by atoms with Crippen molar-refractivity contribution in [2.45, 2.75) is 5.60 Å². The lowest BCUT2D eigenvalue weighted by Gasteiger charge is -2.28. The molecule has 23 heavy (non-hydrogen) atoms. The summed E-state index contributed by atoms with van der Waals surface area (Å²) in [5.74, 6) is 0.136. The van der Waals surface area contributed by atoms with E-state index in [9.17, 15) is 4.79 Å². The zero-order valence-electron chi connectivity index (χ0n) is 13.1. The van der Waals surface area contributed by atoms with E-state index >= 15 is 0 Å². The Morgan fingerprint density at radius 1 is 1.00 bits per heavy atom. The van der Waals surface area contributed by atoms with Crippen molar-refractivity contribution >= 4 is 11.8 Å². The Kier molecular flexibility index (Phi) is 3.98. The molecule has 4 nitrogen and oxygen atoms in total. The molecule has 116 valence electrons. The smallest absolute Gasteiger partial charge is 0.256 e. The number of likely N-dealkylation sites (N-methyl/N-ethyl adjacent to an activating group) is 1. The summed E-state index contributed by atoms with van der Waals surface area (Å²) in [6.45, 7) is 0. The second kappa shape index (κ2) is 6.08. The van der Waals surface area contributed by atoms with Gasteiger partial charge in [-0.3, -0.25) is 9.79 Å². The zero-order valence-corrected chi connectivity index (χ0v) is 13.1. The van der Waals surface area contributed by atoms with Crippen molar-refractivity contribution in [3.05, 3.63) is 83.4 Å². The van der Waals surface area contributed by atoms with E-state index in [0.29, 0.717) is 11.5 Å².